The molecule has 2 aromatic heterocycles. The van der Waals surface area contributed by atoms with Crippen LogP contribution in [-0.4, -0.2) is 70.6 Å². The van der Waals surface area contributed by atoms with Crippen LogP contribution in [0.4, 0.5) is 4.39 Å². The Bertz CT molecular complexity index is 1620. The van der Waals surface area contributed by atoms with E-state index in [9.17, 15) is 17.9 Å². The van der Waals surface area contributed by atoms with Gasteiger partial charge in [-0.3, -0.25) is 4.90 Å². The topological polar surface area (TPSA) is 104 Å². The summed E-state index contributed by atoms with van der Waals surface area (Å²) < 4.78 is 50.7. The summed E-state index contributed by atoms with van der Waals surface area (Å²) in [5, 5.41) is 11.5. The van der Waals surface area contributed by atoms with Gasteiger partial charge in [0.2, 0.25) is 0 Å². The van der Waals surface area contributed by atoms with Gasteiger partial charge in [-0.1, -0.05) is 18.2 Å². The van der Waals surface area contributed by atoms with Crippen LogP contribution in [0.1, 0.15) is 35.7 Å². The van der Waals surface area contributed by atoms with Crippen LogP contribution in [-0.2, 0) is 29.0 Å². The summed E-state index contributed by atoms with van der Waals surface area (Å²) in [5.74, 6) is 0.468. The number of imidazole rings is 1. The van der Waals surface area contributed by atoms with Gasteiger partial charge in [0, 0.05) is 60.0 Å². The van der Waals surface area contributed by atoms with Gasteiger partial charge < -0.3 is 19.4 Å². The summed E-state index contributed by atoms with van der Waals surface area (Å²) in [7, 11) is -0.675. The summed E-state index contributed by atoms with van der Waals surface area (Å²) in [6, 6.07) is 11.8. The van der Waals surface area contributed by atoms with Gasteiger partial charge in [-0.2, -0.15) is 4.31 Å². The van der Waals surface area contributed by atoms with Crippen molar-refractivity contribution in [2.75, 3.05) is 33.4 Å². The highest BCUT2D eigenvalue weighted by Crippen LogP contribution is 2.50. The lowest BCUT2D eigenvalue weighted by atomic mass is 9.69. The number of rotatable bonds is 6. The number of aliphatic hydroxyl groups excluding tert-OH is 1. The second-order valence-corrected chi connectivity index (χ2v) is 12.4. The molecule has 2 aromatic carbocycles. The molecule has 1 atom stereocenters. The maximum atomic E-state index is 14.4. The maximum absolute atomic E-state index is 14.4. The van der Waals surface area contributed by atoms with Gasteiger partial charge in [-0.25, -0.2) is 17.8 Å². The Morgan fingerprint density at radius 1 is 1.21 bits per heavy atom. The normalized spacial score (nSPS) is 19.9. The number of H-pyrrole nitrogens is 1. The van der Waals surface area contributed by atoms with Crippen molar-refractivity contribution in [3.05, 3.63) is 77.6 Å². The van der Waals surface area contributed by atoms with Crippen molar-refractivity contribution >= 4 is 20.9 Å². The molecule has 6 rings (SSSR count). The molecule has 9 nitrogen and oxygen atoms in total. The third-order valence-electron chi connectivity index (χ3n) is 8.30. The number of piperidine rings is 1. The fourth-order valence-electron chi connectivity index (χ4n) is 6.27. The van der Waals surface area contributed by atoms with Crippen molar-refractivity contribution in [3.8, 4) is 5.75 Å². The Morgan fingerprint density at radius 3 is 2.64 bits per heavy atom. The molecule has 0 bridgehead atoms. The molecule has 0 unspecified atom stereocenters. The quantitative estimate of drug-likeness (QED) is 0.380. The number of nitrogens with one attached hydrogen (secondary N) is 1. The highest BCUT2D eigenvalue weighted by Gasteiger charge is 2.51. The van der Waals surface area contributed by atoms with Gasteiger partial charge in [-0.05, 0) is 49.7 Å². The van der Waals surface area contributed by atoms with Gasteiger partial charge in [0.15, 0.2) is 5.03 Å². The minimum absolute atomic E-state index is 0.0446. The second kappa shape index (κ2) is 9.74. The molecule has 206 valence electrons. The Hall–Kier alpha value is -3.25. The summed E-state index contributed by atoms with van der Waals surface area (Å²) >= 11 is 0. The molecule has 2 aliphatic rings. The van der Waals surface area contributed by atoms with E-state index in [1.807, 2.05) is 24.3 Å². The van der Waals surface area contributed by atoms with E-state index in [2.05, 4.69) is 14.9 Å². The molecule has 11 heteroatoms. The highest BCUT2D eigenvalue weighted by atomic mass is 32.2. The van der Waals surface area contributed by atoms with Gasteiger partial charge in [-0.15, -0.1) is 0 Å². The van der Waals surface area contributed by atoms with Crippen LogP contribution in [0.2, 0.25) is 0 Å². The molecule has 4 aromatic rings. The molecule has 39 heavy (non-hydrogen) atoms. The number of hydrogen-bond acceptors (Lipinski definition) is 6. The fraction of sp³-hybridized carbons (Fsp3) is 0.393. The van der Waals surface area contributed by atoms with E-state index in [-0.39, 0.29) is 24.0 Å². The number of methoxy groups -OCH3 is 1. The molecular weight excluding hydrogens is 521 g/mol. The number of likely N-dealkylation sites (tertiary alicyclic amines) is 1. The number of aromatic amines is 1. The van der Waals surface area contributed by atoms with E-state index in [0.717, 1.165) is 16.5 Å². The minimum atomic E-state index is -4.00. The standard InChI is InChI=1S/C28H32FN5O4S/c1-32-15-25(30-18-32)39(36,37)34-17-28(9-11-33(12-10-28)14-19-5-3-4-6-22(19)29)26-21-8-7-20(38-2)13-23(21)31-27(26)24(34)16-35/h3-8,13,15,18,24,31,35H,9-12,14,16-17H2,1-2H3/t24-/m0/s1. The first-order valence-corrected chi connectivity index (χ1v) is 14.5. The summed E-state index contributed by atoms with van der Waals surface area (Å²) in [6.07, 6.45) is 4.31. The van der Waals surface area contributed by atoms with Crippen molar-refractivity contribution in [3.63, 3.8) is 0 Å². The number of ether oxygens (including phenoxy) is 1. The zero-order valence-corrected chi connectivity index (χ0v) is 22.8. The van der Waals surface area contributed by atoms with Crippen molar-refractivity contribution in [2.45, 2.75) is 35.9 Å². The first kappa shape index (κ1) is 26.0. The third kappa shape index (κ3) is 4.33. The van der Waals surface area contributed by atoms with Crippen molar-refractivity contribution in [2.24, 2.45) is 7.05 Å². The largest absolute Gasteiger partial charge is 0.497 e. The number of nitrogens with zero attached hydrogens (tertiary/aromatic N) is 4. The average Bonchev–Trinajstić information content (AvgIpc) is 3.55. The first-order chi connectivity index (χ1) is 18.8. The lowest BCUT2D eigenvalue weighted by Crippen LogP contribution is -2.55. The van der Waals surface area contributed by atoms with Crippen LogP contribution in [0.3, 0.4) is 0 Å². The molecule has 0 aliphatic carbocycles. The molecule has 2 N–H and O–H groups in total. The zero-order valence-electron chi connectivity index (χ0n) is 22.0. The molecule has 4 heterocycles. The number of sulfonamides is 1. The Morgan fingerprint density at radius 2 is 1.97 bits per heavy atom. The molecule has 1 spiro atoms. The van der Waals surface area contributed by atoms with E-state index in [1.54, 1.807) is 30.9 Å². The number of fused-ring (bicyclic) bond motifs is 4. The Balaban J connectivity index is 1.43. The predicted octanol–water partition coefficient (Wildman–Crippen LogP) is 3.32. The van der Waals surface area contributed by atoms with Crippen molar-refractivity contribution in [1.82, 2.24) is 23.7 Å². The summed E-state index contributed by atoms with van der Waals surface area (Å²) in [4.78, 5) is 9.80. The highest BCUT2D eigenvalue weighted by molar-refractivity contribution is 7.89. The van der Waals surface area contributed by atoms with Crippen molar-refractivity contribution in [1.29, 1.82) is 0 Å². The molecular formula is C28H32FN5O4S. The predicted molar refractivity (Wildman–Crippen MR) is 144 cm³/mol. The fourth-order valence-corrected chi connectivity index (χ4v) is 7.91. The molecule has 0 radical (unpaired) electrons. The van der Waals surface area contributed by atoms with Crippen LogP contribution >= 0.6 is 0 Å². The average molecular weight is 554 g/mol. The van der Waals surface area contributed by atoms with Gasteiger partial charge in [0.1, 0.15) is 11.6 Å². The van der Waals surface area contributed by atoms with E-state index >= 15 is 0 Å². The van der Waals surface area contributed by atoms with Crippen molar-refractivity contribution < 1.29 is 22.7 Å². The Kier molecular flexibility index (Phi) is 6.49. The monoisotopic (exact) mass is 553 g/mol. The number of hydrogen-bond donors (Lipinski definition) is 2. The lowest BCUT2D eigenvalue weighted by Gasteiger charge is -2.49. The van der Waals surface area contributed by atoms with Gasteiger partial charge in [0.05, 0.1) is 26.1 Å². The zero-order chi connectivity index (χ0) is 27.4. The molecule has 0 saturated carbocycles. The van der Waals surface area contributed by atoms with Crippen LogP contribution in [0.25, 0.3) is 10.9 Å². The summed E-state index contributed by atoms with van der Waals surface area (Å²) in [5.41, 5.74) is 2.74. The lowest BCUT2D eigenvalue weighted by molar-refractivity contribution is 0.0926. The van der Waals surface area contributed by atoms with Crippen LogP contribution in [0, 0.1) is 5.82 Å². The molecule has 0 amide bonds. The maximum Gasteiger partial charge on any atom is 0.262 e. The van der Waals surface area contributed by atoms with Crippen LogP contribution in [0.5, 0.6) is 5.75 Å². The van der Waals surface area contributed by atoms with Gasteiger partial charge in [0.25, 0.3) is 10.0 Å². The molecule has 1 fully saturated rings. The van der Waals surface area contributed by atoms with Gasteiger partial charge >= 0.3 is 0 Å². The van der Waals surface area contributed by atoms with E-state index in [4.69, 9.17) is 4.74 Å². The first-order valence-electron chi connectivity index (χ1n) is 13.0. The van der Waals surface area contributed by atoms with Crippen LogP contribution in [0.15, 0.2) is 60.0 Å². The third-order valence-corrected chi connectivity index (χ3v) is 10.0. The number of benzene rings is 2. The van der Waals surface area contributed by atoms with Crippen LogP contribution < -0.4 is 4.74 Å². The number of aromatic nitrogens is 3. The SMILES string of the molecule is COc1ccc2c3c([nH]c2c1)[C@H](CO)N(S(=O)(=O)c1cn(C)cn1)CC31CCN(Cc2ccccc2F)CC1. The smallest absolute Gasteiger partial charge is 0.262 e. The second-order valence-electron chi connectivity index (χ2n) is 10.6. The number of aryl methyl sites for hydroxylation is 1. The van der Waals surface area contributed by atoms with E-state index in [0.29, 0.717) is 49.5 Å². The number of halogens is 1. The van der Waals surface area contributed by atoms with E-state index in [1.165, 1.54) is 22.9 Å². The van der Waals surface area contributed by atoms with E-state index < -0.39 is 21.5 Å². The minimum Gasteiger partial charge on any atom is -0.497 e. The summed E-state index contributed by atoms with van der Waals surface area (Å²) in [6.45, 7) is 1.70. The molecule has 2 aliphatic heterocycles. The molecule has 1 saturated heterocycles. The Labute approximate surface area is 226 Å². The number of aliphatic hydroxyl groups is 1.